The van der Waals surface area contributed by atoms with Gasteiger partial charge in [-0.1, -0.05) is 0 Å². The lowest BCUT2D eigenvalue weighted by molar-refractivity contribution is -0.155. The molecule has 82 valence electrons. The maximum atomic E-state index is 10.5. The Bertz CT molecular complexity index is 318. The fourth-order valence-electron chi connectivity index (χ4n) is 1.04. The van der Waals surface area contributed by atoms with Crippen molar-refractivity contribution >= 4 is 11.9 Å². The Kier molecular flexibility index (Phi) is 3.73. The number of carboxylic acids is 2. The van der Waals surface area contributed by atoms with Gasteiger partial charge in [-0.3, -0.25) is 9.59 Å². The Balaban J connectivity index is 2.35. The molecular weight excluding hydrogens is 202 g/mol. The van der Waals surface area contributed by atoms with Crippen molar-refractivity contribution in [3.63, 3.8) is 0 Å². The second-order valence-electron chi connectivity index (χ2n) is 2.90. The van der Waals surface area contributed by atoms with Crippen LogP contribution in [0.5, 0.6) is 5.88 Å². The van der Waals surface area contributed by atoms with Crippen LogP contribution in [0, 0.1) is 5.92 Å². The van der Waals surface area contributed by atoms with Crippen molar-refractivity contribution < 1.29 is 24.5 Å². The van der Waals surface area contributed by atoms with Gasteiger partial charge >= 0.3 is 11.9 Å². The van der Waals surface area contributed by atoms with Crippen LogP contribution in [0.3, 0.4) is 0 Å². The molecule has 0 fully saturated rings. The summed E-state index contributed by atoms with van der Waals surface area (Å²) in [5, 5.41) is 17.1. The molecule has 0 radical (unpaired) electrons. The first-order valence-corrected chi connectivity index (χ1v) is 4.33. The van der Waals surface area contributed by atoms with Gasteiger partial charge in [0, 0.05) is 12.6 Å². The third-order valence-electron chi connectivity index (χ3n) is 1.83. The average molecular weight is 213 g/mol. The van der Waals surface area contributed by atoms with Crippen LogP contribution in [0.4, 0.5) is 0 Å². The number of hydrogen-bond acceptors (Lipinski definition) is 3. The first-order valence-electron chi connectivity index (χ1n) is 4.33. The zero-order valence-corrected chi connectivity index (χ0v) is 7.84. The number of ether oxygens (including phenoxy) is 1. The molecule has 0 bridgehead atoms. The minimum atomic E-state index is -1.42. The summed E-state index contributed by atoms with van der Waals surface area (Å²) in [5.74, 6) is -3.63. The van der Waals surface area contributed by atoms with Crippen LogP contribution in [0.25, 0.3) is 0 Å². The number of aromatic nitrogens is 1. The average Bonchev–Trinajstić information content (AvgIpc) is 2.63. The molecule has 0 spiro atoms. The van der Waals surface area contributed by atoms with Crippen LogP contribution >= 0.6 is 0 Å². The summed E-state index contributed by atoms with van der Waals surface area (Å²) in [6.07, 6.45) is 1.59. The highest BCUT2D eigenvalue weighted by atomic mass is 16.5. The molecular formula is C9H11NO5. The number of H-pyrrole nitrogens is 1. The number of aliphatic carboxylic acids is 2. The van der Waals surface area contributed by atoms with E-state index in [4.69, 9.17) is 14.9 Å². The van der Waals surface area contributed by atoms with Gasteiger partial charge in [-0.05, 0) is 12.1 Å². The number of aromatic amines is 1. The summed E-state index contributed by atoms with van der Waals surface area (Å²) in [6, 6.07) is 3.39. The number of carboxylic acid groups (broad SMARTS) is 2. The second-order valence-corrected chi connectivity index (χ2v) is 2.90. The predicted molar refractivity (Wildman–Crippen MR) is 49.7 cm³/mol. The van der Waals surface area contributed by atoms with E-state index in [1.807, 2.05) is 0 Å². The van der Waals surface area contributed by atoms with Crippen molar-refractivity contribution in [1.82, 2.24) is 4.98 Å². The molecule has 0 unspecified atom stereocenters. The molecule has 0 aromatic carbocycles. The molecule has 0 aliphatic heterocycles. The van der Waals surface area contributed by atoms with Crippen LogP contribution in [-0.2, 0) is 9.59 Å². The molecule has 15 heavy (non-hydrogen) atoms. The summed E-state index contributed by atoms with van der Waals surface area (Å²) in [4.78, 5) is 23.7. The van der Waals surface area contributed by atoms with Crippen molar-refractivity contribution in [3.05, 3.63) is 18.3 Å². The van der Waals surface area contributed by atoms with Gasteiger partial charge in [0.1, 0.15) is 0 Å². The maximum Gasteiger partial charge on any atom is 0.318 e. The monoisotopic (exact) mass is 213 g/mol. The molecule has 0 aliphatic carbocycles. The molecule has 3 N–H and O–H groups in total. The SMILES string of the molecule is O=C(O)C(CCOc1ccc[nH]1)C(=O)O. The Morgan fingerprint density at radius 1 is 1.40 bits per heavy atom. The van der Waals surface area contributed by atoms with Gasteiger partial charge in [0.05, 0.1) is 6.61 Å². The fraction of sp³-hybridized carbons (Fsp3) is 0.333. The highest BCUT2D eigenvalue weighted by molar-refractivity contribution is 5.92. The molecule has 0 aliphatic rings. The largest absolute Gasteiger partial charge is 0.481 e. The van der Waals surface area contributed by atoms with Crippen molar-refractivity contribution in [2.45, 2.75) is 6.42 Å². The molecule has 1 rings (SSSR count). The number of rotatable bonds is 6. The lowest BCUT2D eigenvalue weighted by Crippen LogP contribution is -2.25. The highest BCUT2D eigenvalue weighted by Gasteiger charge is 2.25. The molecule has 6 heteroatoms. The summed E-state index contributed by atoms with van der Waals surface area (Å²) in [6.45, 7) is 0.0454. The number of hydrogen-bond donors (Lipinski definition) is 3. The van der Waals surface area contributed by atoms with Crippen LogP contribution in [0.2, 0.25) is 0 Å². The molecule has 1 aromatic rings. The Hall–Kier alpha value is -1.98. The highest BCUT2D eigenvalue weighted by Crippen LogP contribution is 2.08. The first-order chi connectivity index (χ1) is 7.11. The van der Waals surface area contributed by atoms with Gasteiger partial charge in [-0.2, -0.15) is 0 Å². The van der Waals surface area contributed by atoms with Crippen molar-refractivity contribution in [1.29, 1.82) is 0 Å². The zero-order valence-electron chi connectivity index (χ0n) is 7.84. The standard InChI is InChI=1S/C9H11NO5/c11-8(12)6(9(13)14)3-5-15-7-2-1-4-10-7/h1-2,4,6,10H,3,5H2,(H,11,12)(H,13,14). The van der Waals surface area contributed by atoms with E-state index in [1.54, 1.807) is 18.3 Å². The van der Waals surface area contributed by atoms with Gasteiger partial charge < -0.3 is 19.9 Å². The van der Waals surface area contributed by atoms with E-state index < -0.39 is 17.9 Å². The van der Waals surface area contributed by atoms with E-state index >= 15 is 0 Å². The second kappa shape index (κ2) is 5.04. The molecule has 1 aromatic heterocycles. The lowest BCUT2D eigenvalue weighted by Gasteiger charge is -2.07. The lowest BCUT2D eigenvalue weighted by atomic mass is 10.1. The van der Waals surface area contributed by atoms with E-state index in [0.29, 0.717) is 5.88 Å². The maximum absolute atomic E-state index is 10.5. The Morgan fingerprint density at radius 3 is 2.53 bits per heavy atom. The van der Waals surface area contributed by atoms with E-state index in [9.17, 15) is 9.59 Å². The van der Waals surface area contributed by atoms with Crippen LogP contribution < -0.4 is 4.74 Å². The van der Waals surface area contributed by atoms with Gasteiger partial charge in [-0.15, -0.1) is 0 Å². The normalized spacial score (nSPS) is 10.2. The molecule has 0 saturated carbocycles. The summed E-state index contributed by atoms with van der Waals surface area (Å²) in [5.41, 5.74) is 0. The van der Waals surface area contributed by atoms with E-state index in [-0.39, 0.29) is 13.0 Å². The third kappa shape index (κ3) is 3.34. The van der Waals surface area contributed by atoms with Gasteiger partial charge in [0.25, 0.3) is 0 Å². The van der Waals surface area contributed by atoms with Crippen LogP contribution in [0.1, 0.15) is 6.42 Å². The van der Waals surface area contributed by atoms with Gasteiger partial charge in [0.2, 0.25) is 0 Å². The Labute approximate surface area is 85.5 Å². The van der Waals surface area contributed by atoms with Crippen molar-refractivity contribution in [2.75, 3.05) is 6.61 Å². The molecule has 0 amide bonds. The molecule has 0 saturated heterocycles. The van der Waals surface area contributed by atoms with Crippen molar-refractivity contribution in [3.8, 4) is 5.88 Å². The minimum absolute atomic E-state index is 0.0454. The predicted octanol–water partition coefficient (Wildman–Crippen LogP) is 0.569. The van der Waals surface area contributed by atoms with E-state index in [0.717, 1.165) is 0 Å². The van der Waals surface area contributed by atoms with Gasteiger partial charge in [-0.25, -0.2) is 0 Å². The topological polar surface area (TPSA) is 99.6 Å². The number of nitrogens with one attached hydrogen (secondary N) is 1. The zero-order chi connectivity index (χ0) is 11.3. The quantitative estimate of drug-likeness (QED) is 0.600. The molecule has 0 atom stereocenters. The molecule has 6 nitrogen and oxygen atoms in total. The smallest absolute Gasteiger partial charge is 0.318 e. The minimum Gasteiger partial charge on any atom is -0.481 e. The number of carbonyl (C=O) groups is 2. The van der Waals surface area contributed by atoms with E-state index in [1.165, 1.54) is 0 Å². The van der Waals surface area contributed by atoms with Gasteiger partial charge in [0.15, 0.2) is 11.8 Å². The fourth-order valence-corrected chi connectivity index (χ4v) is 1.04. The third-order valence-corrected chi connectivity index (χ3v) is 1.83. The van der Waals surface area contributed by atoms with Crippen LogP contribution in [-0.4, -0.2) is 33.7 Å². The summed E-state index contributed by atoms with van der Waals surface area (Å²) >= 11 is 0. The van der Waals surface area contributed by atoms with Crippen LogP contribution in [0.15, 0.2) is 18.3 Å². The van der Waals surface area contributed by atoms with E-state index in [2.05, 4.69) is 4.98 Å². The Morgan fingerprint density at radius 2 is 2.07 bits per heavy atom. The summed E-state index contributed by atoms with van der Waals surface area (Å²) in [7, 11) is 0. The molecule has 1 heterocycles. The first kappa shape index (κ1) is 11.1. The van der Waals surface area contributed by atoms with Crippen molar-refractivity contribution in [2.24, 2.45) is 5.92 Å². The summed E-state index contributed by atoms with van der Waals surface area (Å²) < 4.78 is 5.09.